The van der Waals surface area contributed by atoms with E-state index < -0.39 is 0 Å². The summed E-state index contributed by atoms with van der Waals surface area (Å²) in [7, 11) is 1.64. The summed E-state index contributed by atoms with van der Waals surface area (Å²) in [4.78, 5) is 21.7. The number of hydrogen-bond donors (Lipinski definition) is 1. The molecule has 1 aromatic heterocycles. The minimum atomic E-state index is -0.134. The van der Waals surface area contributed by atoms with Crippen LogP contribution in [-0.2, 0) is 11.3 Å². The lowest BCUT2D eigenvalue weighted by Gasteiger charge is -2.05. The molecule has 2 aromatic carbocycles. The predicted octanol–water partition coefficient (Wildman–Crippen LogP) is 4.00. The summed E-state index contributed by atoms with van der Waals surface area (Å²) < 4.78 is 5.34. The normalized spacial score (nSPS) is 16.9. The standard InChI is InChI=1S/C21H17N3O2S/c1-26-18-7-3-2-5-16(18)13-23-21-24-20(25)19(27-21)12-14-8-9-17-15(11-14)6-4-10-22-17/h2-12H,13H2,1H3,(H,23,24,25). The highest BCUT2D eigenvalue weighted by Crippen LogP contribution is 2.28. The van der Waals surface area contributed by atoms with E-state index in [4.69, 9.17) is 4.74 Å². The van der Waals surface area contributed by atoms with Crippen LogP contribution >= 0.6 is 11.8 Å². The molecule has 134 valence electrons. The van der Waals surface area contributed by atoms with E-state index in [1.165, 1.54) is 11.8 Å². The lowest BCUT2D eigenvalue weighted by atomic mass is 10.1. The Kier molecular flexibility index (Phi) is 4.89. The number of hydrogen-bond acceptors (Lipinski definition) is 5. The molecule has 6 heteroatoms. The van der Waals surface area contributed by atoms with E-state index in [0.717, 1.165) is 27.8 Å². The largest absolute Gasteiger partial charge is 0.496 e. The van der Waals surface area contributed by atoms with Gasteiger partial charge in [0.25, 0.3) is 5.91 Å². The first-order chi connectivity index (χ1) is 13.2. The van der Waals surface area contributed by atoms with E-state index in [-0.39, 0.29) is 5.91 Å². The number of fused-ring (bicyclic) bond motifs is 1. The van der Waals surface area contributed by atoms with Gasteiger partial charge in [0.1, 0.15) is 5.75 Å². The van der Waals surface area contributed by atoms with Crippen LogP contribution in [0.15, 0.2) is 70.7 Å². The number of amidine groups is 1. The molecule has 4 rings (SSSR count). The minimum Gasteiger partial charge on any atom is -0.496 e. The highest BCUT2D eigenvalue weighted by Gasteiger charge is 2.23. The highest BCUT2D eigenvalue weighted by molar-refractivity contribution is 8.18. The maximum atomic E-state index is 12.3. The van der Waals surface area contributed by atoms with Crippen LogP contribution in [0, 0.1) is 0 Å². The number of nitrogens with zero attached hydrogens (tertiary/aromatic N) is 2. The van der Waals surface area contributed by atoms with Crippen molar-refractivity contribution in [3.05, 3.63) is 76.8 Å². The number of methoxy groups -OCH3 is 1. The van der Waals surface area contributed by atoms with Crippen molar-refractivity contribution in [1.29, 1.82) is 0 Å². The van der Waals surface area contributed by atoms with Gasteiger partial charge in [0.2, 0.25) is 0 Å². The van der Waals surface area contributed by atoms with E-state index in [1.807, 2.05) is 60.7 Å². The quantitative estimate of drug-likeness (QED) is 0.700. The molecular weight excluding hydrogens is 358 g/mol. The van der Waals surface area contributed by atoms with Crippen LogP contribution in [0.2, 0.25) is 0 Å². The van der Waals surface area contributed by atoms with Gasteiger partial charge in [-0.3, -0.25) is 14.8 Å². The van der Waals surface area contributed by atoms with Gasteiger partial charge in [-0.15, -0.1) is 0 Å². The van der Waals surface area contributed by atoms with Crippen molar-refractivity contribution in [1.82, 2.24) is 10.3 Å². The molecule has 0 saturated carbocycles. The molecule has 0 atom stereocenters. The van der Waals surface area contributed by atoms with Gasteiger partial charge < -0.3 is 10.1 Å². The van der Waals surface area contributed by atoms with E-state index in [9.17, 15) is 4.79 Å². The summed E-state index contributed by atoms with van der Waals surface area (Å²) in [6.07, 6.45) is 3.64. The first-order valence-corrected chi connectivity index (χ1v) is 9.26. The summed E-state index contributed by atoms with van der Waals surface area (Å²) >= 11 is 1.35. The van der Waals surface area contributed by atoms with Crippen molar-refractivity contribution in [2.75, 3.05) is 7.11 Å². The van der Waals surface area contributed by atoms with Crippen molar-refractivity contribution in [3.8, 4) is 5.75 Å². The van der Waals surface area contributed by atoms with E-state index in [0.29, 0.717) is 16.6 Å². The SMILES string of the molecule is COc1ccccc1CN=C1NC(=O)C(=Cc2ccc3ncccc3c2)S1. The van der Waals surface area contributed by atoms with Crippen LogP contribution in [0.4, 0.5) is 0 Å². The van der Waals surface area contributed by atoms with E-state index in [1.54, 1.807) is 13.3 Å². The fourth-order valence-corrected chi connectivity index (χ4v) is 3.65. The number of para-hydroxylation sites is 1. The number of pyridine rings is 1. The van der Waals surface area contributed by atoms with Crippen LogP contribution in [0.3, 0.4) is 0 Å². The third kappa shape index (κ3) is 3.85. The number of carbonyl (C=O) groups excluding carboxylic acids is 1. The van der Waals surface area contributed by atoms with Gasteiger partial charge in [-0.05, 0) is 47.7 Å². The molecule has 1 N–H and O–H groups in total. The first kappa shape index (κ1) is 17.3. The van der Waals surface area contributed by atoms with Crippen molar-refractivity contribution >= 4 is 39.8 Å². The molecule has 1 aliphatic heterocycles. The highest BCUT2D eigenvalue weighted by atomic mass is 32.2. The molecule has 0 bridgehead atoms. The van der Waals surface area contributed by atoms with Crippen molar-refractivity contribution in [2.24, 2.45) is 4.99 Å². The predicted molar refractivity (Wildman–Crippen MR) is 110 cm³/mol. The summed E-state index contributed by atoms with van der Waals surface area (Å²) in [5.41, 5.74) is 2.86. The van der Waals surface area contributed by atoms with Gasteiger partial charge in [-0.25, -0.2) is 0 Å². The molecular formula is C21H17N3O2S. The number of benzene rings is 2. The zero-order valence-corrected chi connectivity index (χ0v) is 15.5. The second-order valence-electron chi connectivity index (χ2n) is 5.95. The Labute approximate surface area is 161 Å². The second-order valence-corrected chi connectivity index (χ2v) is 6.98. The first-order valence-electron chi connectivity index (χ1n) is 8.45. The van der Waals surface area contributed by atoms with Crippen molar-refractivity contribution < 1.29 is 9.53 Å². The van der Waals surface area contributed by atoms with Gasteiger partial charge in [0.15, 0.2) is 5.17 Å². The van der Waals surface area contributed by atoms with Crippen molar-refractivity contribution in [2.45, 2.75) is 6.54 Å². The average molecular weight is 375 g/mol. The third-order valence-electron chi connectivity index (χ3n) is 4.16. The molecule has 1 amide bonds. The zero-order valence-electron chi connectivity index (χ0n) is 14.7. The summed E-state index contributed by atoms with van der Waals surface area (Å²) in [6, 6.07) is 17.6. The monoisotopic (exact) mass is 375 g/mol. The van der Waals surface area contributed by atoms with Crippen LogP contribution in [0.1, 0.15) is 11.1 Å². The molecule has 1 fully saturated rings. The molecule has 3 aromatic rings. The molecule has 1 saturated heterocycles. The summed E-state index contributed by atoms with van der Waals surface area (Å²) in [5, 5.41) is 4.46. The van der Waals surface area contributed by atoms with Crippen LogP contribution in [0.25, 0.3) is 17.0 Å². The molecule has 0 unspecified atom stereocenters. The maximum Gasteiger partial charge on any atom is 0.264 e. The minimum absolute atomic E-state index is 0.134. The fraction of sp³-hybridized carbons (Fsp3) is 0.0952. The number of rotatable bonds is 4. The van der Waals surface area contributed by atoms with Crippen LogP contribution in [0.5, 0.6) is 5.75 Å². The van der Waals surface area contributed by atoms with Crippen molar-refractivity contribution in [3.63, 3.8) is 0 Å². The van der Waals surface area contributed by atoms with Crippen LogP contribution in [-0.4, -0.2) is 23.2 Å². The smallest absolute Gasteiger partial charge is 0.264 e. The number of ether oxygens (including phenoxy) is 1. The molecule has 0 aliphatic carbocycles. The molecule has 5 nitrogen and oxygen atoms in total. The van der Waals surface area contributed by atoms with Gasteiger partial charge in [-0.2, -0.15) is 0 Å². The van der Waals surface area contributed by atoms with Gasteiger partial charge in [0, 0.05) is 17.1 Å². The van der Waals surface area contributed by atoms with Gasteiger partial charge in [-0.1, -0.05) is 30.3 Å². The topological polar surface area (TPSA) is 63.6 Å². The Hall–Kier alpha value is -3.12. The molecule has 1 aliphatic rings. The molecule has 27 heavy (non-hydrogen) atoms. The molecule has 2 heterocycles. The number of nitrogens with one attached hydrogen (secondary N) is 1. The second kappa shape index (κ2) is 7.63. The van der Waals surface area contributed by atoms with Gasteiger partial charge >= 0.3 is 0 Å². The summed E-state index contributed by atoms with van der Waals surface area (Å²) in [6.45, 7) is 0.446. The molecule has 0 spiro atoms. The Balaban J connectivity index is 1.53. The lowest BCUT2D eigenvalue weighted by molar-refractivity contribution is -0.115. The third-order valence-corrected chi connectivity index (χ3v) is 5.11. The summed E-state index contributed by atoms with van der Waals surface area (Å²) in [5.74, 6) is 0.654. The Morgan fingerprint density at radius 3 is 2.96 bits per heavy atom. The van der Waals surface area contributed by atoms with Gasteiger partial charge in [0.05, 0.1) is 24.1 Å². The average Bonchev–Trinajstić information content (AvgIpc) is 3.05. The number of thioether (sulfide) groups is 1. The van der Waals surface area contributed by atoms with E-state index in [2.05, 4.69) is 15.3 Å². The fourth-order valence-electron chi connectivity index (χ4n) is 2.83. The Morgan fingerprint density at radius 1 is 1.19 bits per heavy atom. The van der Waals surface area contributed by atoms with E-state index >= 15 is 0 Å². The maximum absolute atomic E-state index is 12.3. The zero-order chi connectivity index (χ0) is 18.6. The number of carbonyl (C=O) groups is 1. The number of aliphatic imine (C=N–C) groups is 1. The number of amides is 1. The van der Waals surface area contributed by atoms with Crippen LogP contribution < -0.4 is 10.1 Å². The number of aromatic nitrogens is 1. The Morgan fingerprint density at radius 2 is 2.07 bits per heavy atom. The Bertz CT molecular complexity index is 1080. The molecule has 0 radical (unpaired) electrons. The lowest BCUT2D eigenvalue weighted by Crippen LogP contribution is -2.19.